The lowest BCUT2D eigenvalue weighted by Gasteiger charge is -2.29. The van der Waals surface area contributed by atoms with E-state index in [-0.39, 0.29) is 11.8 Å². The number of hydrogen-bond donors (Lipinski definition) is 2. The van der Waals surface area contributed by atoms with Gasteiger partial charge >= 0.3 is 0 Å². The third kappa shape index (κ3) is 5.10. The van der Waals surface area contributed by atoms with Crippen LogP contribution in [0.15, 0.2) is 42.5 Å². The van der Waals surface area contributed by atoms with Gasteiger partial charge in [0.25, 0.3) is 0 Å². The number of ether oxygens (including phenoxy) is 2. The highest BCUT2D eigenvalue weighted by molar-refractivity contribution is 5.79. The first-order valence-corrected chi connectivity index (χ1v) is 10.6. The highest BCUT2D eigenvalue weighted by Crippen LogP contribution is 2.27. The largest absolute Gasteiger partial charge is 0.497 e. The molecule has 1 heterocycles. The van der Waals surface area contributed by atoms with Gasteiger partial charge < -0.3 is 20.1 Å². The molecule has 2 aliphatic rings. The van der Waals surface area contributed by atoms with Gasteiger partial charge in [-0.25, -0.2) is 0 Å². The molecule has 0 unspecified atom stereocenters. The molecule has 1 fully saturated rings. The van der Waals surface area contributed by atoms with Gasteiger partial charge in [0.15, 0.2) is 0 Å². The zero-order valence-electron chi connectivity index (χ0n) is 17.1. The second-order valence-corrected chi connectivity index (χ2v) is 8.12. The molecule has 2 aromatic rings. The maximum absolute atomic E-state index is 12.6. The molecule has 1 saturated heterocycles. The number of carbonyl (C=O) groups excluding carboxylic acids is 1. The van der Waals surface area contributed by atoms with Crippen molar-refractivity contribution >= 4 is 5.91 Å². The Morgan fingerprint density at radius 3 is 2.69 bits per heavy atom. The second-order valence-electron chi connectivity index (χ2n) is 8.12. The molecule has 1 aliphatic carbocycles. The van der Waals surface area contributed by atoms with E-state index in [0.717, 1.165) is 43.0 Å². The van der Waals surface area contributed by atoms with E-state index in [2.05, 4.69) is 28.8 Å². The summed E-state index contributed by atoms with van der Waals surface area (Å²) in [6, 6.07) is 14.3. The summed E-state index contributed by atoms with van der Waals surface area (Å²) in [5.41, 5.74) is 3.96. The number of piperidine rings is 1. The number of rotatable bonds is 7. The molecule has 4 rings (SSSR count). The predicted octanol–water partition coefficient (Wildman–Crippen LogP) is 3.10. The lowest BCUT2D eigenvalue weighted by Crippen LogP contribution is -2.45. The number of benzene rings is 2. The number of amides is 1. The summed E-state index contributed by atoms with van der Waals surface area (Å²) in [5, 5.41) is 6.47. The Balaban J connectivity index is 1.24. The average molecular weight is 395 g/mol. The Hall–Kier alpha value is -2.53. The maximum Gasteiger partial charge on any atom is 0.224 e. The third-order valence-corrected chi connectivity index (χ3v) is 5.99. The summed E-state index contributed by atoms with van der Waals surface area (Å²) < 4.78 is 11.2. The number of hydrogen-bond acceptors (Lipinski definition) is 4. The quantitative estimate of drug-likeness (QED) is 0.758. The molecule has 5 heteroatoms. The molecule has 154 valence electrons. The van der Waals surface area contributed by atoms with E-state index in [1.807, 2.05) is 24.3 Å². The maximum atomic E-state index is 12.6. The molecule has 0 radical (unpaired) electrons. The van der Waals surface area contributed by atoms with Crippen molar-refractivity contribution in [3.05, 3.63) is 59.2 Å². The van der Waals surface area contributed by atoms with E-state index in [1.54, 1.807) is 7.11 Å². The van der Waals surface area contributed by atoms with Crippen LogP contribution in [-0.4, -0.2) is 32.7 Å². The van der Waals surface area contributed by atoms with E-state index in [0.29, 0.717) is 19.1 Å². The van der Waals surface area contributed by atoms with Crippen LogP contribution in [0.4, 0.5) is 0 Å². The predicted molar refractivity (Wildman–Crippen MR) is 113 cm³/mol. The van der Waals surface area contributed by atoms with Crippen LogP contribution >= 0.6 is 0 Å². The van der Waals surface area contributed by atoms with Crippen LogP contribution in [0.5, 0.6) is 11.5 Å². The van der Waals surface area contributed by atoms with E-state index >= 15 is 0 Å². The van der Waals surface area contributed by atoms with Crippen molar-refractivity contribution in [1.29, 1.82) is 0 Å². The van der Waals surface area contributed by atoms with Gasteiger partial charge in [-0.15, -0.1) is 0 Å². The molecule has 0 aromatic heterocycles. The van der Waals surface area contributed by atoms with E-state index < -0.39 is 0 Å². The minimum atomic E-state index is -0.0179. The summed E-state index contributed by atoms with van der Waals surface area (Å²) in [6.45, 7) is 2.81. The van der Waals surface area contributed by atoms with Gasteiger partial charge in [0.1, 0.15) is 11.5 Å². The van der Waals surface area contributed by atoms with Crippen LogP contribution in [0, 0.1) is 11.8 Å². The minimum Gasteiger partial charge on any atom is -0.497 e. The Bertz CT molecular complexity index is 835. The van der Waals surface area contributed by atoms with Crippen molar-refractivity contribution < 1.29 is 14.3 Å². The number of carbonyl (C=O) groups is 1. The molecule has 2 N–H and O–H groups in total. The number of aryl methyl sites for hydroxylation is 2. The second kappa shape index (κ2) is 9.31. The Labute approximate surface area is 172 Å². The van der Waals surface area contributed by atoms with Crippen molar-refractivity contribution in [2.75, 3.05) is 26.8 Å². The summed E-state index contributed by atoms with van der Waals surface area (Å²) >= 11 is 0. The fraction of sp³-hybridized carbons (Fsp3) is 0.458. The number of fused-ring (bicyclic) bond motifs is 1. The van der Waals surface area contributed by atoms with E-state index in [4.69, 9.17) is 9.47 Å². The Kier molecular flexibility index (Phi) is 6.35. The minimum absolute atomic E-state index is 0.0179. The normalized spacial score (nSPS) is 20.7. The fourth-order valence-corrected chi connectivity index (χ4v) is 4.29. The molecule has 1 amide bonds. The standard InChI is InChI=1S/C24H30N2O3/c1-28-22-8-5-17(6-9-22)14-26-24(27)21-11-18(13-25-15-21)16-29-23-10-7-19-3-2-4-20(19)12-23/h5-10,12,18,21,25H,2-4,11,13-16H2,1H3,(H,26,27)/t18-,21+/m0/s1. The third-order valence-electron chi connectivity index (χ3n) is 5.99. The molecule has 0 saturated carbocycles. The molecule has 0 bridgehead atoms. The average Bonchev–Trinajstić information content (AvgIpc) is 3.24. The van der Waals surface area contributed by atoms with Crippen LogP contribution in [0.1, 0.15) is 29.5 Å². The van der Waals surface area contributed by atoms with E-state index in [9.17, 15) is 4.79 Å². The van der Waals surface area contributed by atoms with E-state index in [1.165, 1.54) is 24.0 Å². The molecular formula is C24H30N2O3. The van der Waals surface area contributed by atoms with Gasteiger partial charge in [0, 0.05) is 25.6 Å². The molecule has 1 aliphatic heterocycles. The zero-order chi connectivity index (χ0) is 20.1. The van der Waals surface area contributed by atoms with Gasteiger partial charge in [-0.05, 0) is 66.6 Å². The van der Waals surface area contributed by atoms with Gasteiger partial charge in [0.05, 0.1) is 19.6 Å². The van der Waals surface area contributed by atoms with Crippen LogP contribution in [0.3, 0.4) is 0 Å². The van der Waals surface area contributed by atoms with Crippen molar-refractivity contribution in [3.8, 4) is 11.5 Å². The van der Waals surface area contributed by atoms with Crippen molar-refractivity contribution in [3.63, 3.8) is 0 Å². The first kappa shape index (κ1) is 19.8. The van der Waals surface area contributed by atoms with Crippen LogP contribution in [-0.2, 0) is 24.2 Å². The smallest absolute Gasteiger partial charge is 0.224 e. The summed E-state index contributed by atoms with van der Waals surface area (Å²) in [4.78, 5) is 12.6. The zero-order valence-corrected chi connectivity index (χ0v) is 17.1. The SMILES string of the molecule is COc1ccc(CNC(=O)[C@H]2CNC[C@@H](COc3ccc4c(c3)CCC4)C2)cc1. The number of nitrogens with one attached hydrogen (secondary N) is 2. The first-order chi connectivity index (χ1) is 14.2. The molecule has 2 aromatic carbocycles. The van der Waals surface area contributed by atoms with Crippen molar-refractivity contribution in [1.82, 2.24) is 10.6 Å². The molecule has 5 nitrogen and oxygen atoms in total. The topological polar surface area (TPSA) is 59.6 Å². The van der Waals surface area contributed by atoms with Gasteiger partial charge in [0.2, 0.25) is 5.91 Å². The Morgan fingerprint density at radius 1 is 1.07 bits per heavy atom. The van der Waals surface area contributed by atoms with Gasteiger partial charge in [-0.2, -0.15) is 0 Å². The molecular weight excluding hydrogens is 364 g/mol. The van der Waals surface area contributed by atoms with Crippen molar-refractivity contribution in [2.24, 2.45) is 11.8 Å². The van der Waals surface area contributed by atoms with Gasteiger partial charge in [-0.3, -0.25) is 4.79 Å². The van der Waals surface area contributed by atoms with Crippen LogP contribution < -0.4 is 20.1 Å². The first-order valence-electron chi connectivity index (χ1n) is 10.6. The number of methoxy groups -OCH3 is 1. The molecule has 0 spiro atoms. The highest BCUT2D eigenvalue weighted by Gasteiger charge is 2.27. The molecule has 29 heavy (non-hydrogen) atoms. The summed E-state index contributed by atoms with van der Waals surface area (Å²) in [6.07, 6.45) is 4.45. The van der Waals surface area contributed by atoms with Crippen LogP contribution in [0.25, 0.3) is 0 Å². The van der Waals surface area contributed by atoms with Gasteiger partial charge in [-0.1, -0.05) is 18.2 Å². The monoisotopic (exact) mass is 394 g/mol. The Morgan fingerprint density at radius 2 is 1.86 bits per heavy atom. The van der Waals surface area contributed by atoms with Crippen LogP contribution in [0.2, 0.25) is 0 Å². The highest BCUT2D eigenvalue weighted by atomic mass is 16.5. The lowest BCUT2D eigenvalue weighted by molar-refractivity contribution is -0.126. The molecule has 2 atom stereocenters. The summed E-state index contributed by atoms with van der Waals surface area (Å²) in [5.74, 6) is 2.21. The lowest BCUT2D eigenvalue weighted by atomic mass is 9.90. The van der Waals surface area contributed by atoms with Crippen molar-refractivity contribution in [2.45, 2.75) is 32.2 Å². The fourth-order valence-electron chi connectivity index (χ4n) is 4.29. The summed E-state index contributed by atoms with van der Waals surface area (Å²) in [7, 11) is 1.65.